The molecule has 0 unspecified atom stereocenters. The molecule has 7 nitrogen and oxygen atoms in total. The van der Waals surface area contributed by atoms with Gasteiger partial charge in [0, 0.05) is 18.0 Å². The molecule has 3 aromatic rings. The van der Waals surface area contributed by atoms with Crippen LogP contribution in [0.2, 0.25) is 0 Å². The fourth-order valence-electron chi connectivity index (χ4n) is 2.11. The molecule has 0 atom stereocenters. The molecule has 128 valence electrons. The fraction of sp³-hybridized carbons (Fsp3) is 0. The molecule has 9 heteroatoms. The van der Waals surface area contributed by atoms with Gasteiger partial charge in [-0.25, -0.2) is 17.5 Å². The minimum Gasteiger partial charge on any atom is -0.273 e. The molecule has 0 bridgehead atoms. The van der Waals surface area contributed by atoms with Crippen molar-refractivity contribution in [2.24, 2.45) is 0 Å². The van der Waals surface area contributed by atoms with Gasteiger partial charge in [0.2, 0.25) is 0 Å². The van der Waals surface area contributed by atoms with Crippen molar-refractivity contribution >= 4 is 15.9 Å². The zero-order valence-electron chi connectivity index (χ0n) is 12.8. The smallest absolute Gasteiger partial charge is 0.266 e. The zero-order valence-corrected chi connectivity index (χ0v) is 13.6. The number of nitrogens with one attached hydrogen (secondary N) is 2. The number of halogens is 1. The Morgan fingerprint density at radius 1 is 1.08 bits per heavy atom. The SMILES string of the molecule is O=C(NNS(=O)(=O)c1ccccc1F)c1cccc(-n2cccn2)c1. The second-order valence-corrected chi connectivity index (χ2v) is 6.64. The number of carbonyl (C=O) groups is 1. The molecule has 0 saturated heterocycles. The second kappa shape index (κ2) is 6.83. The summed E-state index contributed by atoms with van der Waals surface area (Å²) in [7, 11) is -4.22. The van der Waals surface area contributed by atoms with E-state index in [4.69, 9.17) is 0 Å². The van der Waals surface area contributed by atoms with Crippen molar-refractivity contribution in [2.75, 3.05) is 0 Å². The van der Waals surface area contributed by atoms with Gasteiger partial charge < -0.3 is 0 Å². The minimum atomic E-state index is -4.22. The van der Waals surface area contributed by atoms with Crippen LogP contribution in [-0.2, 0) is 10.0 Å². The molecule has 2 aromatic carbocycles. The molecule has 2 N–H and O–H groups in total. The summed E-state index contributed by atoms with van der Waals surface area (Å²) in [4.78, 5) is 13.5. The summed E-state index contributed by atoms with van der Waals surface area (Å²) in [6, 6.07) is 13.0. The highest BCUT2D eigenvalue weighted by molar-refractivity contribution is 7.89. The van der Waals surface area contributed by atoms with E-state index in [2.05, 4.69) is 10.5 Å². The van der Waals surface area contributed by atoms with Gasteiger partial charge in [0.25, 0.3) is 15.9 Å². The van der Waals surface area contributed by atoms with Gasteiger partial charge in [-0.2, -0.15) is 5.10 Å². The molecule has 0 saturated carbocycles. The molecule has 0 radical (unpaired) electrons. The van der Waals surface area contributed by atoms with E-state index in [9.17, 15) is 17.6 Å². The van der Waals surface area contributed by atoms with Crippen LogP contribution in [0.5, 0.6) is 0 Å². The highest BCUT2D eigenvalue weighted by atomic mass is 32.2. The first-order valence-corrected chi connectivity index (χ1v) is 8.62. The average molecular weight is 360 g/mol. The van der Waals surface area contributed by atoms with Crippen LogP contribution in [0.25, 0.3) is 5.69 Å². The third kappa shape index (κ3) is 3.73. The number of aromatic nitrogens is 2. The Labute approximate surface area is 143 Å². The van der Waals surface area contributed by atoms with E-state index >= 15 is 0 Å². The van der Waals surface area contributed by atoms with Crippen molar-refractivity contribution < 1.29 is 17.6 Å². The van der Waals surface area contributed by atoms with Gasteiger partial charge in [-0.3, -0.25) is 10.2 Å². The molecule has 25 heavy (non-hydrogen) atoms. The molecule has 0 fully saturated rings. The van der Waals surface area contributed by atoms with Gasteiger partial charge in [-0.05, 0) is 36.4 Å². The van der Waals surface area contributed by atoms with E-state index in [1.807, 2.05) is 4.83 Å². The van der Waals surface area contributed by atoms with Gasteiger partial charge in [-0.15, -0.1) is 4.83 Å². The van der Waals surface area contributed by atoms with Crippen molar-refractivity contribution in [2.45, 2.75) is 4.90 Å². The quantitative estimate of drug-likeness (QED) is 0.677. The summed E-state index contributed by atoms with van der Waals surface area (Å²) < 4.78 is 39.3. The lowest BCUT2D eigenvalue weighted by Gasteiger charge is -2.10. The van der Waals surface area contributed by atoms with Gasteiger partial charge in [-0.1, -0.05) is 18.2 Å². The van der Waals surface area contributed by atoms with Crippen LogP contribution in [0, 0.1) is 5.82 Å². The number of hydrazine groups is 1. The molecule has 3 rings (SSSR count). The van der Waals surface area contributed by atoms with Gasteiger partial charge >= 0.3 is 0 Å². The lowest BCUT2D eigenvalue weighted by Crippen LogP contribution is -2.41. The zero-order chi connectivity index (χ0) is 17.9. The topological polar surface area (TPSA) is 93.1 Å². The van der Waals surface area contributed by atoms with Crippen molar-refractivity contribution in [3.8, 4) is 5.69 Å². The van der Waals surface area contributed by atoms with Crippen LogP contribution in [0.3, 0.4) is 0 Å². The Kier molecular flexibility index (Phi) is 4.59. The molecule has 0 aliphatic rings. The van der Waals surface area contributed by atoms with E-state index in [0.717, 1.165) is 12.1 Å². The largest absolute Gasteiger partial charge is 0.273 e. The summed E-state index contributed by atoms with van der Waals surface area (Å²) >= 11 is 0. The van der Waals surface area contributed by atoms with Gasteiger partial charge in [0.1, 0.15) is 10.7 Å². The number of sulfonamides is 1. The predicted octanol–water partition coefficient (Wildman–Crippen LogP) is 1.63. The first-order chi connectivity index (χ1) is 12.0. The highest BCUT2D eigenvalue weighted by Crippen LogP contribution is 2.13. The molecule has 1 aromatic heterocycles. The Hall–Kier alpha value is -3.04. The Bertz CT molecular complexity index is 1000. The van der Waals surface area contributed by atoms with Crippen molar-refractivity contribution in [3.05, 3.63) is 78.4 Å². The summed E-state index contributed by atoms with van der Waals surface area (Å²) in [5, 5.41) is 4.05. The molecular formula is C16H13FN4O3S. The van der Waals surface area contributed by atoms with Crippen LogP contribution < -0.4 is 10.3 Å². The van der Waals surface area contributed by atoms with Crippen molar-refractivity contribution in [3.63, 3.8) is 0 Å². The maximum atomic E-state index is 13.6. The Morgan fingerprint density at radius 2 is 1.88 bits per heavy atom. The lowest BCUT2D eigenvalue weighted by molar-refractivity contribution is 0.0945. The number of benzene rings is 2. The van der Waals surface area contributed by atoms with Crippen LogP contribution in [0.4, 0.5) is 4.39 Å². The third-order valence-corrected chi connectivity index (χ3v) is 4.58. The normalized spacial score (nSPS) is 11.2. The van der Waals surface area contributed by atoms with E-state index in [0.29, 0.717) is 5.69 Å². The third-order valence-electron chi connectivity index (χ3n) is 3.30. The average Bonchev–Trinajstić information content (AvgIpc) is 3.15. The van der Waals surface area contributed by atoms with E-state index < -0.39 is 26.6 Å². The maximum Gasteiger partial charge on any atom is 0.266 e. The molecule has 0 spiro atoms. The van der Waals surface area contributed by atoms with Gasteiger partial charge in [0.15, 0.2) is 0 Å². The number of amides is 1. The maximum absolute atomic E-state index is 13.6. The Morgan fingerprint density at radius 3 is 2.60 bits per heavy atom. The summed E-state index contributed by atoms with van der Waals surface area (Å²) in [5.74, 6) is -1.60. The molecule has 0 aliphatic heterocycles. The predicted molar refractivity (Wildman–Crippen MR) is 87.8 cm³/mol. The Balaban J connectivity index is 1.75. The number of rotatable bonds is 5. The molecule has 0 aliphatic carbocycles. The monoisotopic (exact) mass is 360 g/mol. The summed E-state index contributed by atoms with van der Waals surface area (Å²) in [6.07, 6.45) is 3.30. The first kappa shape index (κ1) is 16.8. The van der Waals surface area contributed by atoms with Crippen molar-refractivity contribution in [1.82, 2.24) is 20.0 Å². The lowest BCUT2D eigenvalue weighted by atomic mass is 10.2. The number of hydrogen-bond acceptors (Lipinski definition) is 4. The first-order valence-electron chi connectivity index (χ1n) is 7.14. The summed E-state index contributed by atoms with van der Waals surface area (Å²) in [6.45, 7) is 0. The minimum absolute atomic E-state index is 0.212. The summed E-state index contributed by atoms with van der Waals surface area (Å²) in [5.41, 5.74) is 2.91. The highest BCUT2D eigenvalue weighted by Gasteiger charge is 2.19. The van der Waals surface area contributed by atoms with Crippen LogP contribution in [-0.4, -0.2) is 24.1 Å². The van der Waals surface area contributed by atoms with Gasteiger partial charge in [0.05, 0.1) is 5.69 Å². The fourth-order valence-corrected chi connectivity index (χ4v) is 3.03. The number of hydrogen-bond donors (Lipinski definition) is 2. The standard InChI is InChI=1S/C16H13FN4O3S/c17-14-7-1-2-8-15(14)25(23,24)20-19-16(22)12-5-3-6-13(11-12)21-10-4-9-18-21/h1-11,20H,(H,19,22). The number of carbonyl (C=O) groups excluding carboxylic acids is 1. The van der Waals surface area contributed by atoms with E-state index in [1.165, 1.54) is 18.2 Å². The van der Waals surface area contributed by atoms with Crippen LogP contribution in [0.15, 0.2) is 71.9 Å². The molecule has 1 heterocycles. The molecular weight excluding hydrogens is 347 g/mol. The molecule has 1 amide bonds. The van der Waals surface area contributed by atoms with Crippen LogP contribution in [0.1, 0.15) is 10.4 Å². The van der Waals surface area contributed by atoms with Crippen molar-refractivity contribution in [1.29, 1.82) is 0 Å². The number of nitrogens with zero attached hydrogens (tertiary/aromatic N) is 2. The second-order valence-electron chi connectivity index (χ2n) is 4.99. The van der Waals surface area contributed by atoms with Crippen LogP contribution >= 0.6 is 0 Å². The van der Waals surface area contributed by atoms with E-state index in [1.54, 1.807) is 41.3 Å². The van der Waals surface area contributed by atoms with E-state index in [-0.39, 0.29) is 5.56 Å².